The number of unbranched alkanes of at least 4 members (excludes halogenated alkanes) is 2. The summed E-state index contributed by atoms with van der Waals surface area (Å²) in [7, 11) is 0. The largest absolute Gasteiger partial charge is 0.481 e. The molecule has 0 bridgehead atoms. The maximum absolute atomic E-state index is 12.0. The summed E-state index contributed by atoms with van der Waals surface area (Å²) < 4.78 is 0. The van der Waals surface area contributed by atoms with Crippen molar-refractivity contribution >= 4 is 17.9 Å². The van der Waals surface area contributed by atoms with Gasteiger partial charge in [-0.3, -0.25) is 9.59 Å². The van der Waals surface area contributed by atoms with Crippen molar-refractivity contribution in [3.63, 3.8) is 0 Å². The van der Waals surface area contributed by atoms with Gasteiger partial charge in [-0.25, -0.2) is 4.79 Å². The van der Waals surface area contributed by atoms with Gasteiger partial charge in [0.25, 0.3) is 0 Å². The van der Waals surface area contributed by atoms with Crippen molar-refractivity contribution in [3.05, 3.63) is 0 Å². The minimum atomic E-state index is -0.792. The standard InChI is InChI=1S/C13H23N3O4/c1-2-10-12(19)14-8-9-16(10)13(20)15-7-5-3-4-6-11(17)18/h10H,2-9H2,1H3,(H,14,19)(H,15,20)(H,17,18). The number of carboxylic acids is 1. The van der Waals surface area contributed by atoms with E-state index in [9.17, 15) is 14.4 Å². The molecule has 1 aliphatic heterocycles. The number of hydrogen-bond donors (Lipinski definition) is 3. The second-order valence-electron chi connectivity index (χ2n) is 4.84. The van der Waals surface area contributed by atoms with Crippen molar-refractivity contribution in [2.24, 2.45) is 0 Å². The summed E-state index contributed by atoms with van der Waals surface area (Å²) in [5.74, 6) is -0.894. The zero-order valence-electron chi connectivity index (χ0n) is 11.9. The molecule has 1 saturated heterocycles. The summed E-state index contributed by atoms with van der Waals surface area (Å²) in [6.07, 6.45) is 2.89. The number of carbonyl (C=O) groups excluding carboxylic acids is 2. The third kappa shape index (κ3) is 5.07. The molecule has 0 radical (unpaired) electrons. The first kappa shape index (κ1) is 16.3. The lowest BCUT2D eigenvalue weighted by Gasteiger charge is -2.34. The van der Waals surface area contributed by atoms with E-state index in [4.69, 9.17) is 5.11 Å². The minimum Gasteiger partial charge on any atom is -0.481 e. The maximum atomic E-state index is 12.0. The van der Waals surface area contributed by atoms with E-state index in [0.29, 0.717) is 32.5 Å². The van der Waals surface area contributed by atoms with Crippen LogP contribution in [-0.2, 0) is 9.59 Å². The second kappa shape index (κ2) is 8.39. The number of piperazine rings is 1. The Morgan fingerprint density at radius 3 is 2.80 bits per heavy atom. The molecule has 0 aliphatic carbocycles. The first-order valence-corrected chi connectivity index (χ1v) is 7.10. The Morgan fingerprint density at radius 1 is 1.40 bits per heavy atom. The van der Waals surface area contributed by atoms with Gasteiger partial charge >= 0.3 is 12.0 Å². The number of carboxylic acid groups (broad SMARTS) is 1. The number of rotatable bonds is 7. The van der Waals surface area contributed by atoms with Crippen LogP contribution in [0.15, 0.2) is 0 Å². The highest BCUT2D eigenvalue weighted by Gasteiger charge is 2.31. The molecule has 0 spiro atoms. The molecule has 0 aromatic heterocycles. The molecule has 3 N–H and O–H groups in total. The van der Waals surface area contributed by atoms with Crippen molar-refractivity contribution < 1.29 is 19.5 Å². The van der Waals surface area contributed by atoms with Gasteiger partial charge in [0.05, 0.1) is 0 Å². The Balaban J connectivity index is 2.24. The lowest BCUT2D eigenvalue weighted by molar-refractivity contribution is -0.137. The fraction of sp³-hybridized carbons (Fsp3) is 0.769. The average molecular weight is 285 g/mol. The van der Waals surface area contributed by atoms with Crippen LogP contribution in [0, 0.1) is 0 Å². The van der Waals surface area contributed by atoms with Gasteiger partial charge < -0.3 is 20.6 Å². The van der Waals surface area contributed by atoms with Gasteiger partial charge in [-0.05, 0) is 19.3 Å². The molecule has 1 heterocycles. The van der Waals surface area contributed by atoms with Crippen LogP contribution in [-0.4, -0.2) is 53.6 Å². The van der Waals surface area contributed by atoms with Crippen molar-refractivity contribution in [1.82, 2.24) is 15.5 Å². The average Bonchev–Trinajstić information content (AvgIpc) is 2.41. The molecule has 3 amide bonds. The molecule has 1 aliphatic rings. The van der Waals surface area contributed by atoms with Crippen LogP contribution < -0.4 is 10.6 Å². The molecule has 7 nitrogen and oxygen atoms in total. The minimum absolute atomic E-state index is 0.102. The van der Waals surface area contributed by atoms with E-state index < -0.39 is 12.0 Å². The predicted octanol–water partition coefficient (Wildman–Crippen LogP) is 0.551. The molecule has 1 unspecified atom stereocenters. The molecular formula is C13H23N3O4. The third-order valence-electron chi connectivity index (χ3n) is 3.32. The maximum Gasteiger partial charge on any atom is 0.318 e. The Hall–Kier alpha value is -1.79. The topological polar surface area (TPSA) is 98.7 Å². The molecule has 1 fully saturated rings. The first-order valence-electron chi connectivity index (χ1n) is 7.10. The number of nitrogens with zero attached hydrogens (tertiary/aromatic N) is 1. The van der Waals surface area contributed by atoms with Crippen molar-refractivity contribution in [2.75, 3.05) is 19.6 Å². The Bertz CT molecular complexity index is 360. The SMILES string of the molecule is CCC1C(=O)NCCN1C(=O)NCCCCCC(=O)O. The summed E-state index contributed by atoms with van der Waals surface area (Å²) in [4.78, 5) is 35.5. The number of hydrogen-bond acceptors (Lipinski definition) is 3. The van der Waals surface area contributed by atoms with Crippen LogP contribution in [0.3, 0.4) is 0 Å². The highest BCUT2D eigenvalue weighted by Crippen LogP contribution is 2.08. The van der Waals surface area contributed by atoms with E-state index >= 15 is 0 Å². The van der Waals surface area contributed by atoms with Crippen LogP contribution >= 0.6 is 0 Å². The van der Waals surface area contributed by atoms with Crippen LogP contribution in [0.1, 0.15) is 39.0 Å². The van der Waals surface area contributed by atoms with Crippen molar-refractivity contribution in [3.8, 4) is 0 Å². The molecule has 1 rings (SSSR count). The smallest absolute Gasteiger partial charge is 0.318 e. The molecule has 0 saturated carbocycles. The van der Waals surface area contributed by atoms with Gasteiger partial charge in [0.15, 0.2) is 0 Å². The first-order chi connectivity index (χ1) is 9.56. The zero-order valence-corrected chi connectivity index (χ0v) is 11.9. The van der Waals surface area contributed by atoms with E-state index in [1.165, 1.54) is 0 Å². The molecule has 0 aromatic rings. The van der Waals surface area contributed by atoms with E-state index in [2.05, 4.69) is 10.6 Å². The quantitative estimate of drug-likeness (QED) is 0.595. The third-order valence-corrected chi connectivity index (χ3v) is 3.32. The van der Waals surface area contributed by atoms with Gasteiger partial charge in [0.1, 0.15) is 6.04 Å². The van der Waals surface area contributed by atoms with Crippen molar-refractivity contribution in [2.45, 2.75) is 45.1 Å². The molecular weight excluding hydrogens is 262 g/mol. The number of nitrogens with one attached hydrogen (secondary N) is 2. The van der Waals surface area contributed by atoms with Gasteiger partial charge in [0, 0.05) is 26.1 Å². The molecule has 1 atom stereocenters. The van der Waals surface area contributed by atoms with Crippen LogP contribution in [0.5, 0.6) is 0 Å². The lowest BCUT2D eigenvalue weighted by Crippen LogP contribution is -2.59. The number of carbonyl (C=O) groups is 3. The van der Waals surface area contributed by atoms with Gasteiger partial charge in [-0.15, -0.1) is 0 Å². The number of urea groups is 1. The summed E-state index contributed by atoms with van der Waals surface area (Å²) in [6.45, 7) is 3.39. The molecule has 20 heavy (non-hydrogen) atoms. The fourth-order valence-electron chi connectivity index (χ4n) is 2.24. The monoisotopic (exact) mass is 285 g/mol. The van der Waals surface area contributed by atoms with Gasteiger partial charge in [0.2, 0.25) is 5.91 Å². The van der Waals surface area contributed by atoms with E-state index in [1.54, 1.807) is 4.90 Å². The summed E-state index contributed by atoms with van der Waals surface area (Å²) >= 11 is 0. The van der Waals surface area contributed by atoms with Gasteiger partial charge in [-0.2, -0.15) is 0 Å². The van der Waals surface area contributed by atoms with Crippen LogP contribution in [0.4, 0.5) is 4.79 Å². The van der Waals surface area contributed by atoms with E-state index in [0.717, 1.165) is 12.8 Å². The predicted molar refractivity (Wildman–Crippen MR) is 73.3 cm³/mol. The Morgan fingerprint density at radius 2 is 2.15 bits per heavy atom. The normalized spacial score (nSPS) is 18.6. The molecule has 114 valence electrons. The number of amides is 3. The van der Waals surface area contributed by atoms with Crippen molar-refractivity contribution in [1.29, 1.82) is 0 Å². The Labute approximate surface area is 118 Å². The van der Waals surface area contributed by atoms with Crippen LogP contribution in [0.2, 0.25) is 0 Å². The van der Waals surface area contributed by atoms with E-state index in [-0.39, 0.29) is 18.4 Å². The Kier molecular flexibility index (Phi) is 6.83. The van der Waals surface area contributed by atoms with E-state index in [1.807, 2.05) is 6.92 Å². The lowest BCUT2D eigenvalue weighted by atomic mass is 10.1. The van der Waals surface area contributed by atoms with Crippen LogP contribution in [0.25, 0.3) is 0 Å². The second-order valence-corrected chi connectivity index (χ2v) is 4.84. The fourth-order valence-corrected chi connectivity index (χ4v) is 2.24. The molecule has 0 aromatic carbocycles. The summed E-state index contributed by atoms with van der Waals surface area (Å²) in [5, 5.41) is 14.0. The zero-order chi connectivity index (χ0) is 15.0. The highest BCUT2D eigenvalue weighted by molar-refractivity contribution is 5.88. The van der Waals surface area contributed by atoms with Gasteiger partial charge in [-0.1, -0.05) is 13.3 Å². The highest BCUT2D eigenvalue weighted by atomic mass is 16.4. The summed E-state index contributed by atoms with van der Waals surface area (Å²) in [5.41, 5.74) is 0. The number of aliphatic carboxylic acids is 1. The molecule has 7 heteroatoms. The summed E-state index contributed by atoms with van der Waals surface area (Å²) in [6, 6.07) is -0.610.